The highest BCUT2D eigenvalue weighted by molar-refractivity contribution is 5.76. The molecule has 0 aromatic heterocycles. The molecule has 5 atom stereocenters. The van der Waals surface area contributed by atoms with Gasteiger partial charge in [0.1, 0.15) is 24.4 Å². The van der Waals surface area contributed by atoms with Crippen LogP contribution in [0.5, 0.6) is 0 Å². The Morgan fingerprint density at radius 2 is 1.38 bits per heavy atom. The number of aliphatic hydroxyl groups excluding tert-OH is 1. The summed E-state index contributed by atoms with van der Waals surface area (Å²) in [7, 11) is 0. The number of aliphatic hydroxyl groups is 1. The summed E-state index contributed by atoms with van der Waals surface area (Å²) in [5.74, 6) is -0.881. The second kappa shape index (κ2) is 22.5. The quantitative estimate of drug-likeness (QED) is 0.0866. The Bertz CT molecular complexity index is 714. The molecule has 7 heteroatoms. The molecule has 42 heavy (non-hydrogen) atoms. The summed E-state index contributed by atoms with van der Waals surface area (Å²) in [6.45, 7) is 9.00. The zero-order valence-electron chi connectivity index (χ0n) is 27.6. The monoisotopic (exact) mass is 595 g/mol. The van der Waals surface area contributed by atoms with E-state index in [4.69, 9.17) is 18.9 Å². The van der Waals surface area contributed by atoms with Gasteiger partial charge < -0.3 is 29.4 Å². The first kappa shape index (κ1) is 37.2. The van der Waals surface area contributed by atoms with E-state index in [1.165, 1.54) is 83.5 Å². The largest absolute Gasteiger partial charge is 0.388 e. The van der Waals surface area contributed by atoms with Crippen molar-refractivity contribution in [3.63, 3.8) is 0 Å². The summed E-state index contributed by atoms with van der Waals surface area (Å²) < 4.78 is 24.1. The molecule has 2 aliphatic rings. The van der Waals surface area contributed by atoms with Crippen LogP contribution in [0.1, 0.15) is 156 Å². The predicted molar refractivity (Wildman–Crippen MR) is 170 cm³/mol. The SMILES string of the molecule is CCCCCCCC/C=C\CCCCCCCC(=O)N[C@H]1[C@@H](OCCCCCCCC)O[C@@H]2COC(C)(C)O[C@H]2[C@@H]1O. The molecule has 0 spiro atoms. The molecule has 1 amide bonds. The van der Waals surface area contributed by atoms with Crippen LogP contribution in [0, 0.1) is 0 Å². The number of hydrogen-bond donors (Lipinski definition) is 2. The van der Waals surface area contributed by atoms with Crippen LogP contribution in [0.4, 0.5) is 0 Å². The number of carbonyl (C=O) groups is 1. The van der Waals surface area contributed by atoms with Crippen molar-refractivity contribution in [3.05, 3.63) is 12.2 Å². The van der Waals surface area contributed by atoms with Crippen LogP contribution < -0.4 is 5.32 Å². The number of amides is 1. The summed E-state index contributed by atoms with van der Waals surface area (Å²) in [6, 6.07) is -0.670. The molecule has 0 unspecified atom stereocenters. The van der Waals surface area contributed by atoms with E-state index in [1.54, 1.807) is 0 Å². The van der Waals surface area contributed by atoms with E-state index >= 15 is 0 Å². The second-order valence-electron chi connectivity index (χ2n) is 12.9. The van der Waals surface area contributed by atoms with Crippen LogP contribution >= 0.6 is 0 Å². The van der Waals surface area contributed by atoms with Crippen LogP contribution in [-0.2, 0) is 23.7 Å². The Morgan fingerprint density at radius 1 is 0.833 bits per heavy atom. The van der Waals surface area contributed by atoms with Crippen molar-refractivity contribution in [1.29, 1.82) is 0 Å². The first-order valence-electron chi connectivity index (χ1n) is 17.6. The topological polar surface area (TPSA) is 86.3 Å². The average molecular weight is 596 g/mol. The number of carbonyl (C=O) groups excluding carboxylic acids is 1. The normalized spacial score (nSPS) is 25.5. The molecule has 2 aliphatic heterocycles. The van der Waals surface area contributed by atoms with E-state index < -0.39 is 36.4 Å². The molecule has 7 nitrogen and oxygen atoms in total. The molecular formula is C35H65NO6. The minimum atomic E-state index is -0.931. The van der Waals surface area contributed by atoms with Gasteiger partial charge in [0.05, 0.1) is 6.61 Å². The molecule has 0 aromatic carbocycles. The molecule has 0 saturated carbocycles. The summed E-state index contributed by atoms with van der Waals surface area (Å²) >= 11 is 0. The Hall–Kier alpha value is -0.990. The first-order chi connectivity index (χ1) is 20.4. The van der Waals surface area contributed by atoms with Gasteiger partial charge in [0, 0.05) is 13.0 Å². The molecule has 2 saturated heterocycles. The van der Waals surface area contributed by atoms with E-state index in [0.717, 1.165) is 38.5 Å². The summed E-state index contributed by atoms with van der Waals surface area (Å²) in [5, 5.41) is 14.3. The minimum Gasteiger partial charge on any atom is -0.388 e. The summed E-state index contributed by atoms with van der Waals surface area (Å²) in [6.07, 6.45) is 25.4. The van der Waals surface area contributed by atoms with E-state index in [1.807, 2.05) is 13.8 Å². The Labute approximate surface area is 257 Å². The minimum absolute atomic E-state index is 0.0711. The molecule has 2 rings (SSSR count). The summed E-state index contributed by atoms with van der Waals surface area (Å²) in [4.78, 5) is 12.9. The van der Waals surface area contributed by atoms with Crippen LogP contribution in [0.3, 0.4) is 0 Å². The molecular weight excluding hydrogens is 530 g/mol. The lowest BCUT2D eigenvalue weighted by Gasteiger charge is -2.49. The zero-order valence-corrected chi connectivity index (χ0v) is 27.6. The number of fused-ring (bicyclic) bond motifs is 1. The number of hydrogen-bond acceptors (Lipinski definition) is 6. The van der Waals surface area contributed by atoms with E-state index in [9.17, 15) is 9.90 Å². The third kappa shape index (κ3) is 15.7. The standard InChI is InChI=1S/C35H65NO6/c1-5-7-9-11-13-14-15-16-17-18-19-20-21-22-24-26-30(37)36-31-32(38)33-29(28-40-35(3,4)42-33)41-34(31)39-27-25-23-12-10-8-6-2/h16-17,29,31-34,38H,5-15,18-28H2,1-4H3,(H,36,37)/b17-16-/t29-,31-,32-,33-,34+/m1/s1. The first-order valence-corrected chi connectivity index (χ1v) is 17.6. The lowest BCUT2D eigenvalue weighted by atomic mass is 9.95. The molecule has 2 fully saturated rings. The Morgan fingerprint density at radius 3 is 2.00 bits per heavy atom. The smallest absolute Gasteiger partial charge is 0.220 e. The molecule has 2 heterocycles. The van der Waals surface area contributed by atoms with E-state index in [0.29, 0.717) is 19.6 Å². The van der Waals surface area contributed by atoms with Gasteiger partial charge in [0.2, 0.25) is 5.91 Å². The lowest BCUT2D eigenvalue weighted by molar-refractivity contribution is -0.368. The maximum atomic E-state index is 12.9. The fourth-order valence-electron chi connectivity index (χ4n) is 5.84. The molecule has 0 aromatic rings. The van der Waals surface area contributed by atoms with Gasteiger partial charge in [-0.15, -0.1) is 0 Å². The number of rotatable bonds is 24. The van der Waals surface area contributed by atoms with Gasteiger partial charge in [-0.1, -0.05) is 109 Å². The van der Waals surface area contributed by atoms with E-state index in [-0.39, 0.29) is 5.91 Å². The highest BCUT2D eigenvalue weighted by Gasteiger charge is 2.51. The van der Waals surface area contributed by atoms with Gasteiger partial charge in [-0.25, -0.2) is 0 Å². The number of ether oxygens (including phenoxy) is 4. The lowest BCUT2D eigenvalue weighted by Crippen LogP contribution is -2.68. The van der Waals surface area contributed by atoms with Gasteiger partial charge in [-0.05, 0) is 52.4 Å². The molecule has 2 N–H and O–H groups in total. The third-order valence-electron chi connectivity index (χ3n) is 8.46. The fourth-order valence-corrected chi connectivity index (χ4v) is 5.84. The molecule has 246 valence electrons. The maximum Gasteiger partial charge on any atom is 0.220 e. The third-order valence-corrected chi connectivity index (χ3v) is 8.46. The maximum absolute atomic E-state index is 12.9. The van der Waals surface area contributed by atoms with Crippen molar-refractivity contribution in [2.45, 2.75) is 193 Å². The number of allylic oxidation sites excluding steroid dienone is 2. The van der Waals surface area contributed by atoms with Crippen LogP contribution in [0.2, 0.25) is 0 Å². The summed E-state index contributed by atoms with van der Waals surface area (Å²) in [5.41, 5.74) is 0. The van der Waals surface area contributed by atoms with Gasteiger partial charge in [-0.3, -0.25) is 4.79 Å². The van der Waals surface area contributed by atoms with Crippen LogP contribution in [0.15, 0.2) is 12.2 Å². The highest BCUT2D eigenvalue weighted by atomic mass is 16.8. The van der Waals surface area contributed by atoms with Crippen molar-refractivity contribution >= 4 is 5.91 Å². The van der Waals surface area contributed by atoms with Crippen molar-refractivity contribution in [2.24, 2.45) is 0 Å². The Kier molecular flexibility index (Phi) is 19.9. The highest BCUT2D eigenvalue weighted by Crippen LogP contribution is 2.33. The van der Waals surface area contributed by atoms with Gasteiger partial charge >= 0.3 is 0 Å². The predicted octanol–water partition coefficient (Wildman–Crippen LogP) is 8.12. The van der Waals surface area contributed by atoms with Crippen molar-refractivity contribution in [1.82, 2.24) is 5.32 Å². The van der Waals surface area contributed by atoms with Crippen molar-refractivity contribution in [2.75, 3.05) is 13.2 Å². The van der Waals surface area contributed by atoms with Gasteiger partial charge in [-0.2, -0.15) is 0 Å². The van der Waals surface area contributed by atoms with E-state index in [2.05, 4.69) is 31.3 Å². The molecule has 0 aliphatic carbocycles. The van der Waals surface area contributed by atoms with Crippen LogP contribution in [0.25, 0.3) is 0 Å². The molecule has 0 bridgehead atoms. The molecule has 0 radical (unpaired) electrons. The van der Waals surface area contributed by atoms with Crippen LogP contribution in [-0.4, -0.2) is 60.7 Å². The number of unbranched alkanes of at least 4 members (excludes halogenated alkanes) is 16. The van der Waals surface area contributed by atoms with Gasteiger partial charge in [0.15, 0.2) is 12.1 Å². The van der Waals surface area contributed by atoms with Crippen molar-refractivity contribution in [3.8, 4) is 0 Å². The average Bonchev–Trinajstić information content (AvgIpc) is 2.96. The van der Waals surface area contributed by atoms with Gasteiger partial charge in [0.25, 0.3) is 0 Å². The zero-order chi connectivity index (χ0) is 30.5. The fraction of sp³-hybridized carbons (Fsp3) is 0.914. The second-order valence-corrected chi connectivity index (χ2v) is 12.9. The van der Waals surface area contributed by atoms with Crippen molar-refractivity contribution < 1.29 is 28.8 Å². The number of nitrogens with one attached hydrogen (secondary N) is 1. The Balaban J connectivity index is 1.65.